The SMILES string of the molecule is CC(CCOc1ccc(F)c(Cl)c1)CCS(=O)(=O)Cl. The number of benzene rings is 1. The molecule has 0 radical (unpaired) electrons. The molecule has 1 unspecified atom stereocenters. The molecule has 1 rings (SSSR count). The third kappa shape index (κ3) is 6.99. The maximum absolute atomic E-state index is 12.9. The summed E-state index contributed by atoms with van der Waals surface area (Å²) in [6.45, 7) is 2.33. The Morgan fingerprint density at radius 3 is 2.63 bits per heavy atom. The standard InChI is InChI=1S/C12H15Cl2FO3S/c1-9(5-7-19(14,16)17)4-6-18-10-2-3-12(15)11(13)8-10/h2-3,8-9H,4-7H2,1H3. The molecule has 0 spiro atoms. The van der Waals surface area contributed by atoms with Crippen LogP contribution in [0.3, 0.4) is 0 Å². The molecular formula is C12H15Cl2FO3S. The fourth-order valence-electron chi connectivity index (χ4n) is 1.43. The van der Waals surface area contributed by atoms with E-state index in [1.807, 2.05) is 6.92 Å². The van der Waals surface area contributed by atoms with Crippen molar-refractivity contribution in [2.24, 2.45) is 5.92 Å². The molecule has 1 atom stereocenters. The highest BCUT2D eigenvalue weighted by Crippen LogP contribution is 2.21. The van der Waals surface area contributed by atoms with E-state index in [1.54, 1.807) is 0 Å². The van der Waals surface area contributed by atoms with Gasteiger partial charge in [-0.15, -0.1) is 0 Å². The molecule has 1 aromatic carbocycles. The van der Waals surface area contributed by atoms with Gasteiger partial charge in [-0.25, -0.2) is 12.8 Å². The lowest BCUT2D eigenvalue weighted by atomic mass is 10.1. The van der Waals surface area contributed by atoms with Gasteiger partial charge in [0.2, 0.25) is 9.05 Å². The van der Waals surface area contributed by atoms with Crippen LogP contribution in [0.4, 0.5) is 4.39 Å². The molecule has 0 amide bonds. The summed E-state index contributed by atoms with van der Waals surface area (Å²) in [4.78, 5) is 0. The van der Waals surface area contributed by atoms with Crippen molar-refractivity contribution in [3.63, 3.8) is 0 Å². The summed E-state index contributed by atoms with van der Waals surface area (Å²) in [5, 5.41) is 0.0128. The van der Waals surface area contributed by atoms with Gasteiger partial charge >= 0.3 is 0 Å². The van der Waals surface area contributed by atoms with E-state index in [2.05, 4.69) is 0 Å². The van der Waals surface area contributed by atoms with E-state index >= 15 is 0 Å². The number of hydrogen-bond donors (Lipinski definition) is 0. The molecule has 3 nitrogen and oxygen atoms in total. The molecule has 108 valence electrons. The van der Waals surface area contributed by atoms with Gasteiger partial charge in [0.05, 0.1) is 17.4 Å². The molecule has 0 aliphatic rings. The van der Waals surface area contributed by atoms with Gasteiger partial charge in [0, 0.05) is 16.7 Å². The topological polar surface area (TPSA) is 43.4 Å². The zero-order valence-corrected chi connectivity index (χ0v) is 12.7. The van der Waals surface area contributed by atoms with E-state index in [9.17, 15) is 12.8 Å². The van der Waals surface area contributed by atoms with Gasteiger partial charge < -0.3 is 4.74 Å². The number of halogens is 3. The van der Waals surface area contributed by atoms with Crippen LogP contribution >= 0.6 is 22.3 Å². The normalized spacial score (nSPS) is 13.3. The smallest absolute Gasteiger partial charge is 0.232 e. The monoisotopic (exact) mass is 328 g/mol. The molecule has 0 aliphatic heterocycles. The van der Waals surface area contributed by atoms with Gasteiger partial charge in [-0.1, -0.05) is 18.5 Å². The quantitative estimate of drug-likeness (QED) is 0.714. The molecule has 0 N–H and O–H groups in total. The van der Waals surface area contributed by atoms with Crippen LogP contribution < -0.4 is 4.74 Å². The van der Waals surface area contributed by atoms with Crippen LogP contribution in [0, 0.1) is 11.7 Å². The van der Waals surface area contributed by atoms with E-state index in [4.69, 9.17) is 27.0 Å². The number of hydrogen-bond acceptors (Lipinski definition) is 3. The first-order chi connectivity index (χ1) is 8.78. The second kappa shape index (κ2) is 7.31. The highest BCUT2D eigenvalue weighted by atomic mass is 35.7. The number of ether oxygens (including phenoxy) is 1. The highest BCUT2D eigenvalue weighted by molar-refractivity contribution is 8.13. The van der Waals surface area contributed by atoms with Crippen molar-refractivity contribution in [1.82, 2.24) is 0 Å². The largest absolute Gasteiger partial charge is 0.494 e. The lowest BCUT2D eigenvalue weighted by Gasteiger charge is -2.11. The Hall–Kier alpha value is -0.520. The van der Waals surface area contributed by atoms with Crippen molar-refractivity contribution >= 4 is 31.3 Å². The van der Waals surface area contributed by atoms with Crippen LogP contribution in [-0.4, -0.2) is 20.8 Å². The Morgan fingerprint density at radius 1 is 1.37 bits per heavy atom. The Labute approximate surface area is 122 Å². The average molecular weight is 329 g/mol. The minimum atomic E-state index is -3.43. The second-order valence-corrected chi connectivity index (χ2v) is 7.65. The Kier molecular flexibility index (Phi) is 6.36. The zero-order valence-electron chi connectivity index (χ0n) is 10.4. The molecule has 7 heteroatoms. The lowest BCUT2D eigenvalue weighted by molar-refractivity contribution is 0.281. The first-order valence-corrected chi connectivity index (χ1v) is 8.64. The molecule has 19 heavy (non-hydrogen) atoms. The molecule has 0 fully saturated rings. The van der Waals surface area contributed by atoms with Crippen molar-refractivity contribution in [3.8, 4) is 5.75 Å². The van der Waals surface area contributed by atoms with Crippen LogP contribution in [0.5, 0.6) is 5.75 Å². The number of rotatable bonds is 7. The zero-order chi connectivity index (χ0) is 14.5. The minimum Gasteiger partial charge on any atom is -0.494 e. The van der Waals surface area contributed by atoms with Crippen molar-refractivity contribution in [3.05, 3.63) is 29.0 Å². The molecule has 0 heterocycles. The predicted molar refractivity (Wildman–Crippen MR) is 74.9 cm³/mol. The first-order valence-electron chi connectivity index (χ1n) is 5.78. The van der Waals surface area contributed by atoms with Gasteiger partial charge in [-0.2, -0.15) is 0 Å². The van der Waals surface area contributed by atoms with Gasteiger partial charge in [0.1, 0.15) is 11.6 Å². The molecular weight excluding hydrogens is 314 g/mol. The summed E-state index contributed by atoms with van der Waals surface area (Å²) in [7, 11) is 1.70. The molecule has 1 aromatic rings. The van der Waals surface area contributed by atoms with Crippen LogP contribution in [0.2, 0.25) is 5.02 Å². The molecule has 0 aromatic heterocycles. The average Bonchev–Trinajstić information content (AvgIpc) is 2.30. The van der Waals surface area contributed by atoms with E-state index in [0.717, 1.165) is 0 Å². The summed E-state index contributed by atoms with van der Waals surface area (Å²) in [5.41, 5.74) is 0. The Morgan fingerprint density at radius 2 is 2.05 bits per heavy atom. The van der Waals surface area contributed by atoms with Gasteiger partial charge in [-0.05, 0) is 30.9 Å². The molecule has 0 saturated carbocycles. The van der Waals surface area contributed by atoms with Gasteiger partial charge in [0.15, 0.2) is 0 Å². The maximum atomic E-state index is 12.9. The van der Waals surface area contributed by atoms with Crippen molar-refractivity contribution in [1.29, 1.82) is 0 Å². The van der Waals surface area contributed by atoms with Crippen molar-refractivity contribution < 1.29 is 17.5 Å². The van der Waals surface area contributed by atoms with Crippen molar-refractivity contribution in [2.45, 2.75) is 19.8 Å². The van der Waals surface area contributed by atoms with Gasteiger partial charge in [0.25, 0.3) is 0 Å². The maximum Gasteiger partial charge on any atom is 0.232 e. The summed E-state index contributed by atoms with van der Waals surface area (Å²) in [6.07, 6.45) is 1.17. The van der Waals surface area contributed by atoms with Crippen LogP contribution in [0.1, 0.15) is 19.8 Å². The van der Waals surface area contributed by atoms with E-state index in [1.165, 1.54) is 18.2 Å². The third-order valence-corrected chi connectivity index (χ3v) is 4.10. The Bertz CT molecular complexity index is 520. The lowest BCUT2D eigenvalue weighted by Crippen LogP contribution is -2.08. The first kappa shape index (κ1) is 16.5. The highest BCUT2D eigenvalue weighted by Gasteiger charge is 2.10. The van der Waals surface area contributed by atoms with Crippen molar-refractivity contribution in [2.75, 3.05) is 12.4 Å². The summed E-state index contributed by atoms with van der Waals surface area (Å²) >= 11 is 5.62. The summed E-state index contributed by atoms with van der Waals surface area (Å²) < 4.78 is 39.9. The summed E-state index contributed by atoms with van der Waals surface area (Å²) in [6, 6.07) is 4.14. The van der Waals surface area contributed by atoms with Gasteiger partial charge in [-0.3, -0.25) is 0 Å². The minimum absolute atomic E-state index is 0.0128. The molecule has 0 saturated heterocycles. The van der Waals surface area contributed by atoms with Crippen LogP contribution in [0.15, 0.2) is 18.2 Å². The van der Waals surface area contributed by atoms with Crippen LogP contribution in [0.25, 0.3) is 0 Å². The van der Waals surface area contributed by atoms with E-state index < -0.39 is 14.9 Å². The fraction of sp³-hybridized carbons (Fsp3) is 0.500. The summed E-state index contributed by atoms with van der Waals surface area (Å²) in [5.74, 6) is 0.126. The fourth-order valence-corrected chi connectivity index (χ4v) is 2.55. The predicted octanol–water partition coefficient (Wildman–Crippen LogP) is 3.84. The van der Waals surface area contributed by atoms with Crippen LogP contribution in [-0.2, 0) is 9.05 Å². The molecule has 0 bridgehead atoms. The van der Waals surface area contributed by atoms with E-state index in [0.29, 0.717) is 25.2 Å². The molecule has 0 aliphatic carbocycles. The Balaban J connectivity index is 2.31. The second-order valence-electron chi connectivity index (χ2n) is 4.35. The van der Waals surface area contributed by atoms with E-state index in [-0.39, 0.29) is 16.7 Å². The third-order valence-electron chi connectivity index (χ3n) is 2.62.